The number of ether oxygens (including phenoxy) is 1. The zero-order valence-electron chi connectivity index (χ0n) is 24.1. The van der Waals surface area contributed by atoms with Crippen molar-refractivity contribution in [3.05, 3.63) is 39.0 Å². The highest BCUT2D eigenvalue weighted by atomic mass is 17.1. The lowest BCUT2D eigenvalue weighted by atomic mass is 9.88. The van der Waals surface area contributed by atoms with Gasteiger partial charge in [0.25, 0.3) is 5.56 Å². The predicted octanol–water partition coefficient (Wildman–Crippen LogP) is 3.62. The molecular formula is C28H44N4O7. The second-order valence-corrected chi connectivity index (χ2v) is 10.1. The number of nitrogens with zero attached hydrogens (tertiary/aromatic N) is 4. The standard InChI is InChI=1S/C16H28N2O3.C10H10N2O4.C2H6/c1-13(2)12-21-16(20)18-10-8-17(9-11-18)15(19)14-6-4-3-5-7-14;1-11-8-4-3-6(16-15)5-7(8)9(13)12(2)10(11)14;1-2/h13-14H,3-12H2,1-2H3;3-5,15H,1-2H3;1-2H3. The van der Waals surface area contributed by atoms with Crippen molar-refractivity contribution in [2.45, 2.75) is 59.8 Å². The van der Waals surface area contributed by atoms with Gasteiger partial charge in [0.1, 0.15) is 0 Å². The molecule has 2 amide bonds. The summed E-state index contributed by atoms with van der Waals surface area (Å²) in [7, 11) is 2.97. The van der Waals surface area contributed by atoms with Gasteiger partial charge in [0.2, 0.25) is 5.91 Å². The third kappa shape index (κ3) is 8.32. The van der Waals surface area contributed by atoms with Crippen LogP contribution >= 0.6 is 0 Å². The normalized spacial score (nSPS) is 15.7. The van der Waals surface area contributed by atoms with Crippen molar-refractivity contribution in [2.75, 3.05) is 32.8 Å². The number of carbonyl (C=O) groups excluding carboxylic acids is 2. The van der Waals surface area contributed by atoms with Gasteiger partial charge in [-0.1, -0.05) is 47.0 Å². The lowest BCUT2D eigenvalue weighted by Crippen LogP contribution is -2.52. The number of hydrogen-bond acceptors (Lipinski definition) is 7. The first-order chi connectivity index (χ1) is 18.6. The van der Waals surface area contributed by atoms with E-state index in [0.29, 0.717) is 55.5 Å². The summed E-state index contributed by atoms with van der Waals surface area (Å²) in [6, 6.07) is 4.40. The van der Waals surface area contributed by atoms with Gasteiger partial charge < -0.3 is 19.4 Å². The molecule has 1 aliphatic heterocycles. The highest BCUT2D eigenvalue weighted by Crippen LogP contribution is 2.26. The maximum Gasteiger partial charge on any atom is 0.409 e. The summed E-state index contributed by atoms with van der Waals surface area (Å²) in [6.07, 6.45) is 5.45. The topological polar surface area (TPSA) is 123 Å². The predicted molar refractivity (Wildman–Crippen MR) is 150 cm³/mol. The van der Waals surface area contributed by atoms with Crippen LogP contribution in [0.5, 0.6) is 5.75 Å². The van der Waals surface area contributed by atoms with Crippen molar-refractivity contribution in [1.82, 2.24) is 18.9 Å². The maximum absolute atomic E-state index is 12.4. The van der Waals surface area contributed by atoms with Crippen molar-refractivity contribution in [3.63, 3.8) is 0 Å². The molecule has 11 heteroatoms. The van der Waals surface area contributed by atoms with E-state index in [9.17, 15) is 19.2 Å². The molecule has 1 aliphatic carbocycles. The molecular weight excluding hydrogens is 504 g/mol. The minimum absolute atomic E-state index is 0.156. The van der Waals surface area contributed by atoms with Crippen LogP contribution in [0.2, 0.25) is 0 Å². The van der Waals surface area contributed by atoms with Gasteiger partial charge in [-0.05, 0) is 37.0 Å². The fourth-order valence-corrected chi connectivity index (χ4v) is 4.68. The van der Waals surface area contributed by atoms with Crippen molar-refractivity contribution in [3.8, 4) is 5.75 Å². The lowest BCUT2D eigenvalue weighted by Gasteiger charge is -2.36. The highest BCUT2D eigenvalue weighted by molar-refractivity contribution is 5.80. The molecule has 0 radical (unpaired) electrons. The Morgan fingerprint density at radius 1 is 0.949 bits per heavy atom. The number of aromatic nitrogens is 2. The SMILES string of the molecule is CC.CC(C)COC(=O)N1CCN(C(=O)C2CCCCC2)CC1.Cn1c(=O)c2cc(OO)ccc2n(C)c1=O. The van der Waals surface area contributed by atoms with E-state index < -0.39 is 11.2 Å². The third-order valence-electron chi connectivity index (χ3n) is 6.89. The van der Waals surface area contributed by atoms with Crippen molar-refractivity contribution >= 4 is 22.9 Å². The Hall–Kier alpha value is -3.34. The molecule has 0 atom stereocenters. The molecule has 0 spiro atoms. The third-order valence-corrected chi connectivity index (χ3v) is 6.89. The summed E-state index contributed by atoms with van der Waals surface area (Å²) in [5.41, 5.74) is -0.318. The number of benzene rings is 1. The molecule has 2 fully saturated rings. The molecule has 4 rings (SSSR count). The van der Waals surface area contributed by atoms with E-state index in [1.165, 1.54) is 43.0 Å². The van der Waals surface area contributed by atoms with Crippen molar-refractivity contribution in [1.29, 1.82) is 0 Å². The van der Waals surface area contributed by atoms with E-state index >= 15 is 0 Å². The summed E-state index contributed by atoms with van der Waals surface area (Å²) >= 11 is 0. The first-order valence-corrected chi connectivity index (χ1v) is 13.9. The average molecular weight is 549 g/mol. The molecule has 39 heavy (non-hydrogen) atoms. The van der Waals surface area contributed by atoms with Gasteiger partial charge in [0, 0.05) is 46.2 Å². The summed E-state index contributed by atoms with van der Waals surface area (Å²) in [5, 5.41) is 8.82. The molecule has 1 saturated carbocycles. The number of amides is 2. The molecule has 1 aromatic carbocycles. The van der Waals surface area contributed by atoms with Gasteiger partial charge in [-0.2, -0.15) is 0 Å². The number of aryl methyl sites for hydroxylation is 1. The Balaban J connectivity index is 0.000000265. The van der Waals surface area contributed by atoms with Gasteiger partial charge in [-0.3, -0.25) is 18.7 Å². The Morgan fingerprint density at radius 3 is 2.10 bits per heavy atom. The van der Waals surface area contributed by atoms with Crippen LogP contribution in [0.3, 0.4) is 0 Å². The van der Waals surface area contributed by atoms with Crippen LogP contribution in [0.25, 0.3) is 10.9 Å². The molecule has 11 nitrogen and oxygen atoms in total. The van der Waals surface area contributed by atoms with Crippen molar-refractivity contribution in [2.24, 2.45) is 25.9 Å². The monoisotopic (exact) mass is 548 g/mol. The van der Waals surface area contributed by atoms with E-state index in [1.54, 1.807) is 18.0 Å². The Bertz CT molecular complexity index is 1210. The van der Waals surface area contributed by atoms with E-state index in [0.717, 1.165) is 17.4 Å². The summed E-state index contributed by atoms with van der Waals surface area (Å²) < 4.78 is 7.60. The van der Waals surface area contributed by atoms with Crippen LogP contribution in [0.15, 0.2) is 27.8 Å². The van der Waals surface area contributed by atoms with Crippen LogP contribution in [-0.2, 0) is 23.6 Å². The fraction of sp³-hybridized carbons (Fsp3) is 0.643. The second-order valence-electron chi connectivity index (χ2n) is 10.1. The molecule has 2 aliphatic rings. The Kier molecular flexibility index (Phi) is 12.5. The first-order valence-electron chi connectivity index (χ1n) is 13.9. The molecule has 1 aromatic heterocycles. The average Bonchev–Trinajstić information content (AvgIpc) is 2.98. The van der Waals surface area contributed by atoms with E-state index in [4.69, 9.17) is 9.99 Å². The molecule has 0 bridgehead atoms. The zero-order valence-corrected chi connectivity index (χ0v) is 24.1. The summed E-state index contributed by atoms with van der Waals surface area (Å²) in [6.45, 7) is 11.0. The highest BCUT2D eigenvalue weighted by Gasteiger charge is 2.30. The quantitative estimate of drug-likeness (QED) is 0.457. The fourth-order valence-electron chi connectivity index (χ4n) is 4.68. The van der Waals surface area contributed by atoms with Crippen LogP contribution in [0.4, 0.5) is 4.79 Å². The smallest absolute Gasteiger partial charge is 0.409 e. The number of fused-ring (bicyclic) bond motifs is 1. The lowest BCUT2D eigenvalue weighted by molar-refractivity contribution is -0.138. The van der Waals surface area contributed by atoms with Crippen LogP contribution < -0.4 is 16.1 Å². The number of piperazine rings is 1. The van der Waals surface area contributed by atoms with Gasteiger partial charge in [0.05, 0.1) is 17.5 Å². The minimum Gasteiger partial charge on any atom is -0.449 e. The number of carbonyl (C=O) groups is 2. The molecule has 0 unspecified atom stereocenters. The largest absolute Gasteiger partial charge is 0.449 e. The second kappa shape index (κ2) is 15.3. The van der Waals surface area contributed by atoms with Gasteiger partial charge in [-0.15, -0.1) is 0 Å². The van der Waals surface area contributed by atoms with E-state index in [-0.39, 0.29) is 17.8 Å². The molecule has 2 aromatic rings. The van der Waals surface area contributed by atoms with E-state index in [2.05, 4.69) is 4.89 Å². The molecule has 1 N–H and O–H groups in total. The summed E-state index contributed by atoms with van der Waals surface area (Å²) in [5.74, 6) is 1.02. The molecule has 2 heterocycles. The molecule has 1 saturated heterocycles. The maximum atomic E-state index is 12.4. The van der Waals surface area contributed by atoms with Crippen LogP contribution in [0.1, 0.15) is 59.8 Å². The van der Waals surface area contributed by atoms with Gasteiger partial charge >= 0.3 is 11.8 Å². The summed E-state index contributed by atoms with van der Waals surface area (Å²) in [4.78, 5) is 55.4. The van der Waals surface area contributed by atoms with Crippen molar-refractivity contribution < 1.29 is 24.5 Å². The van der Waals surface area contributed by atoms with Crippen LogP contribution in [-0.4, -0.2) is 69.0 Å². The van der Waals surface area contributed by atoms with Gasteiger partial charge in [-0.25, -0.2) is 14.8 Å². The van der Waals surface area contributed by atoms with Crippen LogP contribution in [0, 0.1) is 11.8 Å². The zero-order chi connectivity index (χ0) is 29.1. The minimum atomic E-state index is -0.419. The Morgan fingerprint density at radius 2 is 1.54 bits per heavy atom. The Labute approximate surface area is 229 Å². The number of hydrogen-bond donors (Lipinski definition) is 1. The van der Waals surface area contributed by atoms with Gasteiger partial charge in [0.15, 0.2) is 5.75 Å². The molecule has 218 valence electrons. The first kappa shape index (κ1) is 31.9. The van der Waals surface area contributed by atoms with E-state index in [1.807, 2.05) is 32.6 Å². The number of rotatable bonds is 4.